The first kappa shape index (κ1) is 16.0. The minimum Gasteiger partial charge on any atom is -0.296 e. The molecule has 3 aromatic rings. The predicted octanol–water partition coefficient (Wildman–Crippen LogP) is 2.26. The summed E-state index contributed by atoms with van der Waals surface area (Å²) in [5.41, 5.74) is 2.37. The molecule has 0 atom stereocenters. The number of aromatic nitrogens is 6. The molecular formula is C18H23N7. The van der Waals surface area contributed by atoms with Gasteiger partial charge in [0.15, 0.2) is 5.82 Å². The molecule has 130 valence electrons. The molecule has 0 bridgehead atoms. The molecule has 0 spiro atoms. The van der Waals surface area contributed by atoms with Crippen LogP contribution in [0.5, 0.6) is 0 Å². The smallest absolute Gasteiger partial charge is 0.170 e. The van der Waals surface area contributed by atoms with E-state index in [4.69, 9.17) is 0 Å². The maximum Gasteiger partial charge on any atom is 0.170 e. The number of likely N-dealkylation sites (tertiary alicyclic amines) is 1. The van der Waals surface area contributed by atoms with Gasteiger partial charge in [-0.15, -0.1) is 5.10 Å². The first-order valence-corrected chi connectivity index (χ1v) is 8.91. The second-order valence-corrected chi connectivity index (χ2v) is 6.52. The molecule has 1 aromatic carbocycles. The molecule has 1 aliphatic rings. The molecule has 0 amide bonds. The number of aryl methyl sites for hydroxylation is 1. The summed E-state index contributed by atoms with van der Waals surface area (Å²) in [7, 11) is 0. The molecule has 0 saturated carbocycles. The Labute approximate surface area is 147 Å². The molecule has 0 aliphatic carbocycles. The van der Waals surface area contributed by atoms with Crippen LogP contribution in [-0.4, -0.2) is 48.0 Å². The lowest BCUT2D eigenvalue weighted by Gasteiger charge is -2.31. The Balaban J connectivity index is 1.39. The third-order valence-corrected chi connectivity index (χ3v) is 4.94. The van der Waals surface area contributed by atoms with E-state index in [1.807, 2.05) is 45.9 Å². The highest BCUT2D eigenvalue weighted by molar-refractivity contribution is 5.30. The van der Waals surface area contributed by atoms with E-state index < -0.39 is 0 Å². The van der Waals surface area contributed by atoms with Crippen molar-refractivity contribution in [2.75, 3.05) is 13.1 Å². The van der Waals surface area contributed by atoms with Gasteiger partial charge in [0.2, 0.25) is 0 Å². The zero-order chi connectivity index (χ0) is 17.1. The van der Waals surface area contributed by atoms with Crippen LogP contribution < -0.4 is 0 Å². The van der Waals surface area contributed by atoms with Crippen molar-refractivity contribution in [1.82, 2.24) is 34.9 Å². The molecule has 4 rings (SSSR count). The fourth-order valence-corrected chi connectivity index (χ4v) is 3.46. The van der Waals surface area contributed by atoms with Crippen molar-refractivity contribution in [3.63, 3.8) is 0 Å². The van der Waals surface area contributed by atoms with Crippen molar-refractivity contribution in [3.8, 4) is 5.69 Å². The number of benzene rings is 1. The molecule has 7 nitrogen and oxygen atoms in total. The average molecular weight is 337 g/mol. The van der Waals surface area contributed by atoms with Gasteiger partial charge in [0, 0.05) is 12.7 Å². The zero-order valence-electron chi connectivity index (χ0n) is 14.5. The standard InChI is InChI=1S/C18H23N7/c1-2-24-13-16(12-19-24)15-8-10-23(11-9-15)14-18-20-21-22-25(18)17-6-4-3-5-7-17/h3-7,12-13,15H,2,8-11,14H2,1H3. The summed E-state index contributed by atoms with van der Waals surface area (Å²) in [5, 5.41) is 16.6. The van der Waals surface area contributed by atoms with Crippen LogP contribution in [-0.2, 0) is 13.1 Å². The molecular weight excluding hydrogens is 314 g/mol. The van der Waals surface area contributed by atoms with E-state index in [0.29, 0.717) is 5.92 Å². The molecule has 1 aliphatic heterocycles. The number of hydrogen-bond acceptors (Lipinski definition) is 5. The fraction of sp³-hybridized carbons (Fsp3) is 0.444. The highest BCUT2D eigenvalue weighted by Crippen LogP contribution is 2.28. The van der Waals surface area contributed by atoms with Crippen LogP contribution in [0.3, 0.4) is 0 Å². The summed E-state index contributed by atoms with van der Waals surface area (Å²) < 4.78 is 3.84. The Morgan fingerprint density at radius 1 is 1.12 bits per heavy atom. The summed E-state index contributed by atoms with van der Waals surface area (Å²) >= 11 is 0. The van der Waals surface area contributed by atoms with Crippen LogP contribution in [0.25, 0.3) is 5.69 Å². The Kier molecular flexibility index (Phi) is 4.56. The normalized spacial score (nSPS) is 16.4. The molecule has 1 fully saturated rings. The van der Waals surface area contributed by atoms with Crippen LogP contribution in [0.2, 0.25) is 0 Å². The highest BCUT2D eigenvalue weighted by atomic mass is 15.5. The molecule has 0 N–H and O–H groups in total. The minimum atomic E-state index is 0.613. The first-order chi connectivity index (χ1) is 12.3. The Bertz CT molecular complexity index is 800. The Morgan fingerprint density at radius 3 is 2.64 bits per heavy atom. The maximum absolute atomic E-state index is 4.41. The van der Waals surface area contributed by atoms with Crippen molar-refractivity contribution in [2.45, 2.75) is 38.8 Å². The lowest BCUT2D eigenvalue weighted by molar-refractivity contribution is 0.199. The summed E-state index contributed by atoms with van der Waals surface area (Å²) in [4.78, 5) is 2.44. The van der Waals surface area contributed by atoms with Gasteiger partial charge in [-0.1, -0.05) is 18.2 Å². The van der Waals surface area contributed by atoms with Gasteiger partial charge >= 0.3 is 0 Å². The van der Waals surface area contributed by atoms with E-state index in [0.717, 1.165) is 50.5 Å². The summed E-state index contributed by atoms with van der Waals surface area (Å²) in [6, 6.07) is 10.1. The lowest BCUT2D eigenvalue weighted by Crippen LogP contribution is -2.33. The molecule has 0 unspecified atom stereocenters. The molecule has 1 saturated heterocycles. The van der Waals surface area contributed by atoms with E-state index in [1.165, 1.54) is 5.56 Å². The van der Waals surface area contributed by atoms with Gasteiger partial charge in [0.1, 0.15) is 0 Å². The quantitative estimate of drug-likeness (QED) is 0.714. The van der Waals surface area contributed by atoms with Gasteiger partial charge in [-0.3, -0.25) is 9.58 Å². The van der Waals surface area contributed by atoms with Gasteiger partial charge in [-0.25, -0.2) is 0 Å². The largest absolute Gasteiger partial charge is 0.296 e. The first-order valence-electron chi connectivity index (χ1n) is 8.91. The topological polar surface area (TPSA) is 64.7 Å². The maximum atomic E-state index is 4.41. The van der Waals surface area contributed by atoms with Gasteiger partial charge in [-0.2, -0.15) is 9.78 Å². The zero-order valence-corrected chi connectivity index (χ0v) is 14.5. The van der Waals surface area contributed by atoms with Crippen LogP contribution in [0.15, 0.2) is 42.7 Å². The van der Waals surface area contributed by atoms with E-state index in [-0.39, 0.29) is 0 Å². The van der Waals surface area contributed by atoms with Gasteiger partial charge in [0.25, 0.3) is 0 Å². The van der Waals surface area contributed by atoms with Gasteiger partial charge < -0.3 is 0 Å². The van der Waals surface area contributed by atoms with Crippen molar-refractivity contribution in [2.24, 2.45) is 0 Å². The van der Waals surface area contributed by atoms with Crippen LogP contribution in [0, 0.1) is 0 Å². The second kappa shape index (κ2) is 7.14. The average Bonchev–Trinajstić information content (AvgIpc) is 3.32. The summed E-state index contributed by atoms with van der Waals surface area (Å²) in [6.45, 7) is 5.95. The highest BCUT2D eigenvalue weighted by Gasteiger charge is 2.23. The summed E-state index contributed by atoms with van der Waals surface area (Å²) in [5.74, 6) is 1.50. The molecule has 0 radical (unpaired) electrons. The van der Waals surface area contributed by atoms with Crippen molar-refractivity contribution >= 4 is 0 Å². The number of hydrogen-bond donors (Lipinski definition) is 0. The van der Waals surface area contributed by atoms with Crippen molar-refractivity contribution in [1.29, 1.82) is 0 Å². The fourth-order valence-electron chi connectivity index (χ4n) is 3.46. The predicted molar refractivity (Wildman–Crippen MR) is 94.3 cm³/mol. The van der Waals surface area contributed by atoms with Crippen molar-refractivity contribution < 1.29 is 0 Å². The number of rotatable bonds is 5. The SMILES string of the molecule is CCn1cc(C2CCN(Cc3nnnn3-c3ccccc3)CC2)cn1. The number of para-hydroxylation sites is 1. The van der Waals surface area contributed by atoms with Gasteiger partial charge in [0.05, 0.1) is 18.4 Å². The van der Waals surface area contributed by atoms with Crippen LogP contribution >= 0.6 is 0 Å². The van der Waals surface area contributed by atoms with E-state index in [9.17, 15) is 0 Å². The van der Waals surface area contributed by atoms with Crippen molar-refractivity contribution in [3.05, 3.63) is 54.1 Å². The Hall–Kier alpha value is -2.54. The monoisotopic (exact) mass is 337 g/mol. The third-order valence-electron chi connectivity index (χ3n) is 4.94. The Morgan fingerprint density at radius 2 is 1.92 bits per heavy atom. The van der Waals surface area contributed by atoms with E-state index in [2.05, 4.69) is 38.6 Å². The third kappa shape index (κ3) is 3.46. The van der Waals surface area contributed by atoms with Crippen LogP contribution in [0.4, 0.5) is 0 Å². The van der Waals surface area contributed by atoms with E-state index >= 15 is 0 Å². The van der Waals surface area contributed by atoms with Gasteiger partial charge in [-0.05, 0) is 66.9 Å². The summed E-state index contributed by atoms with van der Waals surface area (Å²) in [6.07, 6.45) is 6.53. The lowest BCUT2D eigenvalue weighted by atomic mass is 9.91. The number of nitrogens with zero attached hydrogens (tertiary/aromatic N) is 7. The number of tetrazole rings is 1. The van der Waals surface area contributed by atoms with E-state index in [1.54, 1.807) is 0 Å². The molecule has 2 aromatic heterocycles. The van der Waals surface area contributed by atoms with Crippen LogP contribution in [0.1, 0.15) is 37.1 Å². The second-order valence-electron chi connectivity index (χ2n) is 6.52. The molecule has 7 heteroatoms. The molecule has 3 heterocycles. The number of piperidine rings is 1. The molecule has 25 heavy (non-hydrogen) atoms. The minimum absolute atomic E-state index is 0.613.